The van der Waals surface area contributed by atoms with Crippen LogP contribution < -0.4 is 9.62 Å². The Morgan fingerprint density at radius 3 is 2.40 bits per heavy atom. The fourth-order valence-corrected chi connectivity index (χ4v) is 4.49. The van der Waals surface area contributed by atoms with Crippen molar-refractivity contribution < 1.29 is 22.0 Å². The number of halogens is 2. The molecule has 1 amide bonds. The number of nitrogens with zero attached hydrogens (tertiary/aromatic N) is 3. The molecule has 30 heavy (non-hydrogen) atoms. The number of benzene rings is 1. The number of nitrogens with one attached hydrogen (secondary N) is 1. The first-order chi connectivity index (χ1) is 14.3. The number of sulfonamides is 1. The highest BCUT2D eigenvalue weighted by Gasteiger charge is 2.34. The lowest BCUT2D eigenvalue weighted by molar-refractivity contribution is -0.132. The molecule has 1 aliphatic heterocycles. The Bertz CT molecular complexity index is 1020. The van der Waals surface area contributed by atoms with E-state index in [9.17, 15) is 22.0 Å². The minimum Gasteiger partial charge on any atom is -0.355 e. The molecule has 2 fully saturated rings. The van der Waals surface area contributed by atoms with Crippen LogP contribution in [0, 0.1) is 17.6 Å². The van der Waals surface area contributed by atoms with Crippen molar-refractivity contribution in [1.29, 1.82) is 0 Å². The lowest BCUT2D eigenvalue weighted by Crippen LogP contribution is -2.36. The van der Waals surface area contributed by atoms with Crippen molar-refractivity contribution in [2.45, 2.75) is 24.2 Å². The third-order valence-corrected chi connectivity index (χ3v) is 6.57. The fourth-order valence-electron chi connectivity index (χ4n) is 3.50. The Labute approximate surface area is 173 Å². The monoisotopic (exact) mass is 436 g/mol. The smallest absolute Gasteiger partial charge is 0.263 e. The Balaban J connectivity index is 1.43. The maximum absolute atomic E-state index is 13.3. The number of rotatable bonds is 5. The number of hydrogen-bond acceptors (Lipinski definition) is 5. The molecule has 0 radical (unpaired) electrons. The molecule has 0 spiro atoms. The zero-order chi connectivity index (χ0) is 21.3. The predicted octanol–water partition coefficient (Wildman–Crippen LogP) is 2.61. The molecule has 1 saturated carbocycles. The summed E-state index contributed by atoms with van der Waals surface area (Å²) in [6.07, 6.45) is 3.98. The van der Waals surface area contributed by atoms with Crippen molar-refractivity contribution in [1.82, 2.24) is 9.88 Å². The van der Waals surface area contributed by atoms with Crippen LogP contribution in [0.3, 0.4) is 0 Å². The summed E-state index contributed by atoms with van der Waals surface area (Å²) in [5.41, 5.74) is -0.204. The van der Waals surface area contributed by atoms with E-state index in [1.54, 1.807) is 6.07 Å². The fraction of sp³-hybridized carbons (Fsp3) is 0.400. The van der Waals surface area contributed by atoms with E-state index >= 15 is 0 Å². The van der Waals surface area contributed by atoms with Crippen molar-refractivity contribution in [3.63, 3.8) is 0 Å². The first-order valence-electron chi connectivity index (χ1n) is 9.80. The van der Waals surface area contributed by atoms with Gasteiger partial charge in [0.05, 0.1) is 5.69 Å². The topological polar surface area (TPSA) is 82.6 Å². The number of anilines is 2. The Kier molecular flexibility index (Phi) is 5.59. The molecule has 1 N–H and O–H groups in total. The lowest BCUT2D eigenvalue weighted by Gasteiger charge is -2.23. The van der Waals surface area contributed by atoms with Gasteiger partial charge in [-0.05, 0) is 43.5 Å². The molecule has 2 aliphatic rings. The van der Waals surface area contributed by atoms with Gasteiger partial charge in [0, 0.05) is 44.4 Å². The van der Waals surface area contributed by atoms with Gasteiger partial charge in [-0.1, -0.05) is 0 Å². The highest BCUT2D eigenvalue weighted by molar-refractivity contribution is 7.92. The van der Waals surface area contributed by atoms with Crippen LogP contribution in [0.1, 0.15) is 19.3 Å². The summed E-state index contributed by atoms with van der Waals surface area (Å²) >= 11 is 0. The minimum atomic E-state index is -4.04. The van der Waals surface area contributed by atoms with Crippen LogP contribution >= 0.6 is 0 Å². The first kappa shape index (κ1) is 20.5. The van der Waals surface area contributed by atoms with Crippen LogP contribution in [0.4, 0.5) is 20.3 Å². The van der Waals surface area contributed by atoms with E-state index in [0.29, 0.717) is 38.1 Å². The van der Waals surface area contributed by atoms with Gasteiger partial charge in [-0.25, -0.2) is 22.2 Å². The van der Waals surface area contributed by atoms with Gasteiger partial charge in [-0.2, -0.15) is 0 Å². The molecule has 0 bridgehead atoms. The molecular weight excluding hydrogens is 414 g/mol. The Morgan fingerprint density at radius 2 is 1.77 bits per heavy atom. The zero-order valence-electron chi connectivity index (χ0n) is 16.2. The summed E-state index contributed by atoms with van der Waals surface area (Å²) in [5, 5.41) is 0. The third-order valence-electron chi connectivity index (χ3n) is 5.20. The van der Waals surface area contributed by atoms with Gasteiger partial charge in [0.2, 0.25) is 5.91 Å². The largest absolute Gasteiger partial charge is 0.355 e. The summed E-state index contributed by atoms with van der Waals surface area (Å²) < 4.78 is 53.8. The molecule has 0 unspecified atom stereocenters. The standard InChI is InChI=1S/C20H22F2N4O3S/c21-15-10-16(22)12-17(11-15)24-30(28,29)18-4-5-19(23-13-18)25-6-1-7-26(9-8-25)20(27)14-2-3-14/h4-5,10-14,24H,1-3,6-9H2. The van der Waals surface area contributed by atoms with Gasteiger partial charge in [-0.3, -0.25) is 9.52 Å². The number of hydrogen-bond donors (Lipinski definition) is 1. The highest BCUT2D eigenvalue weighted by atomic mass is 32.2. The van der Waals surface area contributed by atoms with Crippen molar-refractivity contribution in [2.24, 2.45) is 5.92 Å². The normalized spacial score (nSPS) is 17.5. The predicted molar refractivity (Wildman–Crippen MR) is 108 cm³/mol. The Morgan fingerprint density at radius 1 is 1.03 bits per heavy atom. The number of carbonyl (C=O) groups is 1. The average Bonchev–Trinajstić information content (AvgIpc) is 3.53. The second-order valence-corrected chi connectivity index (χ2v) is 9.24. The molecule has 1 saturated heterocycles. The molecular formula is C20H22F2N4O3S. The molecule has 0 atom stereocenters. The summed E-state index contributed by atoms with van der Waals surface area (Å²) in [5.74, 6) is -0.719. The molecule has 1 aliphatic carbocycles. The first-order valence-corrected chi connectivity index (χ1v) is 11.3. The van der Waals surface area contributed by atoms with E-state index < -0.39 is 21.7 Å². The van der Waals surface area contributed by atoms with Crippen molar-refractivity contribution in [2.75, 3.05) is 35.8 Å². The van der Waals surface area contributed by atoms with Gasteiger partial charge < -0.3 is 9.80 Å². The van der Waals surface area contributed by atoms with Crippen LogP contribution in [0.15, 0.2) is 41.4 Å². The van der Waals surface area contributed by atoms with Gasteiger partial charge in [-0.15, -0.1) is 0 Å². The molecule has 2 aromatic rings. The van der Waals surface area contributed by atoms with E-state index in [-0.39, 0.29) is 22.4 Å². The van der Waals surface area contributed by atoms with Gasteiger partial charge in [0.15, 0.2) is 0 Å². The van der Waals surface area contributed by atoms with Crippen LogP contribution in [0.5, 0.6) is 0 Å². The van der Waals surface area contributed by atoms with Crippen LogP contribution in [0.2, 0.25) is 0 Å². The second kappa shape index (κ2) is 8.17. The van der Waals surface area contributed by atoms with Gasteiger partial charge in [0.1, 0.15) is 22.3 Å². The van der Waals surface area contributed by atoms with Crippen LogP contribution in [-0.4, -0.2) is 50.4 Å². The van der Waals surface area contributed by atoms with E-state index in [1.165, 1.54) is 12.3 Å². The highest BCUT2D eigenvalue weighted by Crippen LogP contribution is 2.31. The second-order valence-electron chi connectivity index (χ2n) is 7.56. The van der Waals surface area contributed by atoms with E-state index in [4.69, 9.17) is 0 Å². The third kappa shape index (κ3) is 4.69. The quantitative estimate of drug-likeness (QED) is 0.779. The maximum atomic E-state index is 13.3. The molecule has 1 aromatic carbocycles. The molecule has 1 aromatic heterocycles. The van der Waals surface area contributed by atoms with E-state index in [0.717, 1.165) is 31.4 Å². The summed E-state index contributed by atoms with van der Waals surface area (Å²) in [7, 11) is -4.04. The average molecular weight is 436 g/mol. The molecule has 2 heterocycles. The van der Waals surface area contributed by atoms with E-state index in [1.807, 2.05) is 9.80 Å². The number of amides is 1. The zero-order valence-corrected chi connectivity index (χ0v) is 17.0. The van der Waals surface area contributed by atoms with E-state index in [2.05, 4.69) is 9.71 Å². The van der Waals surface area contributed by atoms with Gasteiger partial charge >= 0.3 is 0 Å². The summed E-state index contributed by atoms with van der Waals surface area (Å²) in [6.45, 7) is 2.67. The summed E-state index contributed by atoms with van der Waals surface area (Å²) in [6, 6.07) is 5.45. The molecule has 160 valence electrons. The van der Waals surface area contributed by atoms with Gasteiger partial charge in [0.25, 0.3) is 10.0 Å². The SMILES string of the molecule is O=C(C1CC1)N1CCCN(c2ccc(S(=O)(=O)Nc3cc(F)cc(F)c3)cn2)CC1. The van der Waals surface area contributed by atoms with Crippen LogP contribution in [0.25, 0.3) is 0 Å². The van der Waals surface area contributed by atoms with Crippen molar-refractivity contribution >= 4 is 27.4 Å². The molecule has 10 heteroatoms. The number of pyridine rings is 1. The lowest BCUT2D eigenvalue weighted by atomic mass is 10.3. The minimum absolute atomic E-state index is 0.115. The number of aromatic nitrogens is 1. The molecule has 7 nitrogen and oxygen atoms in total. The summed E-state index contributed by atoms with van der Waals surface area (Å²) in [4.78, 5) is 20.3. The Hall–Kier alpha value is -2.75. The van der Waals surface area contributed by atoms with Crippen LogP contribution in [-0.2, 0) is 14.8 Å². The number of carbonyl (C=O) groups excluding carboxylic acids is 1. The van der Waals surface area contributed by atoms with Crippen molar-refractivity contribution in [3.8, 4) is 0 Å². The maximum Gasteiger partial charge on any atom is 0.263 e. The van der Waals surface area contributed by atoms with Crippen molar-refractivity contribution in [3.05, 3.63) is 48.2 Å². The molecule has 4 rings (SSSR count).